The van der Waals surface area contributed by atoms with Crippen LogP contribution in [0.1, 0.15) is 13.3 Å². The molecule has 0 unspecified atom stereocenters. The Bertz CT molecular complexity index is 459. The Kier molecular flexibility index (Phi) is 5.94. The van der Waals surface area contributed by atoms with Crippen LogP contribution in [0.25, 0.3) is 0 Å². The highest BCUT2D eigenvalue weighted by molar-refractivity contribution is 7.89. The van der Waals surface area contributed by atoms with Crippen molar-refractivity contribution < 1.29 is 17.9 Å². The Hall–Kier alpha value is -1.27. The van der Waals surface area contributed by atoms with Crippen LogP contribution >= 0.6 is 0 Å². The lowest BCUT2D eigenvalue weighted by Crippen LogP contribution is -2.30. The first-order valence-corrected chi connectivity index (χ1v) is 7.47. The Morgan fingerprint density at radius 3 is 2.50 bits per heavy atom. The molecular weight excluding hydrogens is 254 g/mol. The van der Waals surface area contributed by atoms with Crippen LogP contribution in [-0.2, 0) is 10.0 Å². The Morgan fingerprint density at radius 2 is 1.89 bits per heavy atom. The van der Waals surface area contributed by atoms with Crippen molar-refractivity contribution in [2.24, 2.45) is 0 Å². The third-order valence-electron chi connectivity index (χ3n) is 2.22. The van der Waals surface area contributed by atoms with Crippen LogP contribution in [0.5, 0.6) is 11.5 Å². The summed E-state index contributed by atoms with van der Waals surface area (Å²) in [4.78, 5) is 0. The molecule has 0 amide bonds. The van der Waals surface area contributed by atoms with Gasteiger partial charge in [0, 0.05) is 6.54 Å². The molecule has 0 heterocycles. The van der Waals surface area contributed by atoms with Crippen molar-refractivity contribution >= 4 is 10.0 Å². The standard InChI is InChI=1S/C12H19NO4S/c1-3-10-18(14,15)13-8-9-17-12-7-5-4-6-11(12)16-2/h4-7,13H,3,8-10H2,1-2H3. The second-order valence-corrected chi connectivity index (χ2v) is 5.64. The number of para-hydroxylation sites is 2. The van der Waals surface area contributed by atoms with Gasteiger partial charge in [0.05, 0.1) is 12.9 Å². The van der Waals surface area contributed by atoms with Gasteiger partial charge in [-0.3, -0.25) is 0 Å². The van der Waals surface area contributed by atoms with Crippen LogP contribution in [0.2, 0.25) is 0 Å². The van der Waals surface area contributed by atoms with E-state index in [0.29, 0.717) is 17.9 Å². The zero-order valence-corrected chi connectivity index (χ0v) is 11.5. The van der Waals surface area contributed by atoms with Gasteiger partial charge < -0.3 is 9.47 Å². The fourth-order valence-corrected chi connectivity index (χ4v) is 2.51. The van der Waals surface area contributed by atoms with Crippen LogP contribution < -0.4 is 14.2 Å². The minimum absolute atomic E-state index is 0.141. The summed E-state index contributed by atoms with van der Waals surface area (Å²) >= 11 is 0. The number of methoxy groups -OCH3 is 1. The van der Waals surface area contributed by atoms with E-state index in [9.17, 15) is 8.42 Å². The highest BCUT2D eigenvalue weighted by atomic mass is 32.2. The monoisotopic (exact) mass is 273 g/mol. The summed E-state index contributed by atoms with van der Waals surface area (Å²) in [7, 11) is -1.60. The average molecular weight is 273 g/mol. The predicted octanol–water partition coefficient (Wildman–Crippen LogP) is 1.40. The van der Waals surface area contributed by atoms with Crippen LogP contribution in [0.15, 0.2) is 24.3 Å². The first-order valence-electron chi connectivity index (χ1n) is 5.82. The van der Waals surface area contributed by atoms with Gasteiger partial charge in [-0.25, -0.2) is 13.1 Å². The first-order chi connectivity index (χ1) is 8.59. The number of rotatable bonds is 8. The highest BCUT2D eigenvalue weighted by Crippen LogP contribution is 2.25. The maximum absolute atomic E-state index is 11.4. The van der Waals surface area contributed by atoms with E-state index < -0.39 is 10.0 Å². The van der Waals surface area contributed by atoms with Crippen molar-refractivity contribution in [3.63, 3.8) is 0 Å². The second-order valence-electron chi connectivity index (χ2n) is 3.71. The molecule has 0 saturated heterocycles. The fraction of sp³-hybridized carbons (Fsp3) is 0.500. The minimum atomic E-state index is -3.16. The Balaban J connectivity index is 2.38. The van der Waals surface area contributed by atoms with Crippen LogP contribution in [-0.4, -0.2) is 34.4 Å². The lowest BCUT2D eigenvalue weighted by molar-refractivity contribution is 0.298. The molecule has 1 N–H and O–H groups in total. The van der Waals surface area contributed by atoms with Crippen molar-refractivity contribution in [3.8, 4) is 11.5 Å². The van der Waals surface area contributed by atoms with E-state index in [4.69, 9.17) is 9.47 Å². The molecule has 0 radical (unpaired) electrons. The van der Waals surface area contributed by atoms with Crippen molar-refractivity contribution in [2.45, 2.75) is 13.3 Å². The van der Waals surface area contributed by atoms with Gasteiger partial charge in [-0.1, -0.05) is 19.1 Å². The van der Waals surface area contributed by atoms with Crippen LogP contribution in [0.3, 0.4) is 0 Å². The Labute approximate surface area is 108 Å². The molecule has 0 aliphatic carbocycles. The summed E-state index contributed by atoms with van der Waals surface area (Å²) in [5.74, 6) is 1.38. The van der Waals surface area contributed by atoms with E-state index in [1.54, 1.807) is 19.2 Å². The summed E-state index contributed by atoms with van der Waals surface area (Å²) in [6.07, 6.45) is 0.600. The summed E-state index contributed by atoms with van der Waals surface area (Å²) in [5.41, 5.74) is 0. The third-order valence-corrected chi connectivity index (χ3v) is 3.81. The number of benzene rings is 1. The molecule has 0 saturated carbocycles. The molecule has 1 rings (SSSR count). The van der Waals surface area contributed by atoms with Gasteiger partial charge in [0.2, 0.25) is 10.0 Å². The third kappa shape index (κ3) is 4.93. The highest BCUT2D eigenvalue weighted by Gasteiger charge is 2.08. The molecule has 0 aliphatic heterocycles. The van der Waals surface area contributed by atoms with Gasteiger partial charge in [-0.05, 0) is 18.6 Å². The van der Waals surface area contributed by atoms with Crippen molar-refractivity contribution in [1.82, 2.24) is 4.72 Å². The molecule has 1 aromatic carbocycles. The second kappa shape index (κ2) is 7.23. The smallest absolute Gasteiger partial charge is 0.211 e. The summed E-state index contributed by atoms with van der Waals surface area (Å²) in [5, 5.41) is 0. The SMILES string of the molecule is CCCS(=O)(=O)NCCOc1ccccc1OC. The lowest BCUT2D eigenvalue weighted by atomic mass is 10.3. The molecule has 102 valence electrons. The van der Waals surface area contributed by atoms with Gasteiger partial charge in [-0.2, -0.15) is 0 Å². The topological polar surface area (TPSA) is 64.6 Å². The van der Waals surface area contributed by atoms with Gasteiger partial charge in [0.15, 0.2) is 11.5 Å². The van der Waals surface area contributed by atoms with Crippen molar-refractivity contribution in [3.05, 3.63) is 24.3 Å². The van der Waals surface area contributed by atoms with Gasteiger partial charge in [0.1, 0.15) is 6.61 Å². The molecule has 0 aliphatic rings. The molecular formula is C12H19NO4S. The molecule has 0 fully saturated rings. The maximum atomic E-state index is 11.4. The first kappa shape index (κ1) is 14.8. The predicted molar refractivity (Wildman–Crippen MR) is 70.6 cm³/mol. The minimum Gasteiger partial charge on any atom is -0.493 e. The van der Waals surface area contributed by atoms with Crippen LogP contribution in [0.4, 0.5) is 0 Å². The van der Waals surface area contributed by atoms with E-state index in [1.165, 1.54) is 0 Å². The van der Waals surface area contributed by atoms with Crippen molar-refractivity contribution in [1.29, 1.82) is 0 Å². The molecule has 18 heavy (non-hydrogen) atoms. The average Bonchev–Trinajstić information content (AvgIpc) is 2.35. The van der Waals surface area contributed by atoms with E-state index in [-0.39, 0.29) is 18.9 Å². The van der Waals surface area contributed by atoms with E-state index >= 15 is 0 Å². The number of ether oxygens (including phenoxy) is 2. The normalized spacial score (nSPS) is 11.2. The molecule has 0 spiro atoms. The molecule has 5 nitrogen and oxygen atoms in total. The number of hydrogen-bond acceptors (Lipinski definition) is 4. The zero-order chi connectivity index (χ0) is 13.4. The quantitative estimate of drug-likeness (QED) is 0.727. The summed E-state index contributed by atoms with van der Waals surface area (Å²) in [6, 6.07) is 7.24. The largest absolute Gasteiger partial charge is 0.493 e. The van der Waals surface area contributed by atoms with E-state index in [0.717, 1.165) is 0 Å². The van der Waals surface area contributed by atoms with Crippen LogP contribution in [0, 0.1) is 0 Å². The fourth-order valence-electron chi connectivity index (χ4n) is 1.44. The maximum Gasteiger partial charge on any atom is 0.211 e. The Morgan fingerprint density at radius 1 is 1.22 bits per heavy atom. The molecule has 0 atom stereocenters. The van der Waals surface area contributed by atoms with Gasteiger partial charge >= 0.3 is 0 Å². The number of nitrogens with one attached hydrogen (secondary N) is 1. The van der Waals surface area contributed by atoms with E-state index in [1.807, 2.05) is 19.1 Å². The molecule has 1 aromatic rings. The summed E-state index contributed by atoms with van der Waals surface area (Å²) in [6.45, 7) is 2.34. The van der Waals surface area contributed by atoms with E-state index in [2.05, 4.69) is 4.72 Å². The molecule has 0 aromatic heterocycles. The zero-order valence-electron chi connectivity index (χ0n) is 10.7. The molecule has 6 heteroatoms. The number of sulfonamides is 1. The summed E-state index contributed by atoms with van der Waals surface area (Å²) < 4.78 is 35.8. The lowest BCUT2D eigenvalue weighted by Gasteiger charge is -2.10. The van der Waals surface area contributed by atoms with Gasteiger partial charge in [0.25, 0.3) is 0 Å². The van der Waals surface area contributed by atoms with Gasteiger partial charge in [-0.15, -0.1) is 0 Å². The molecule has 0 bridgehead atoms. The number of hydrogen-bond donors (Lipinski definition) is 1. The van der Waals surface area contributed by atoms with Crippen molar-refractivity contribution in [2.75, 3.05) is 26.0 Å².